The fraction of sp³-hybridized carbons (Fsp3) is 0.333. The van der Waals surface area contributed by atoms with Crippen LogP contribution in [0.15, 0.2) is 66.7 Å². The number of alkyl halides is 2. The van der Waals surface area contributed by atoms with Gasteiger partial charge in [-0.25, -0.2) is 8.78 Å². The molecule has 7 heteroatoms. The van der Waals surface area contributed by atoms with E-state index in [-0.39, 0.29) is 42.9 Å². The van der Waals surface area contributed by atoms with E-state index < -0.39 is 11.9 Å². The van der Waals surface area contributed by atoms with Crippen LogP contribution in [0.2, 0.25) is 0 Å². The van der Waals surface area contributed by atoms with E-state index in [0.717, 1.165) is 22.3 Å². The summed E-state index contributed by atoms with van der Waals surface area (Å²) in [6, 6.07) is 19.2. The summed E-state index contributed by atoms with van der Waals surface area (Å²) in [5.74, 6) is -3.30. The molecule has 0 spiro atoms. The maximum Gasteiger partial charge on any atom is 0.305 e. The van der Waals surface area contributed by atoms with Crippen molar-refractivity contribution >= 4 is 11.9 Å². The molecule has 0 heterocycles. The van der Waals surface area contributed by atoms with Gasteiger partial charge in [0.25, 0.3) is 11.8 Å². The Hall–Kier alpha value is -3.74. The molecule has 0 aliphatic carbocycles. The predicted octanol–water partition coefficient (Wildman–Crippen LogP) is 7.14. The number of carboxylic acid groups (broad SMARTS) is 1. The number of rotatable bonds is 11. The maximum atomic E-state index is 14.0. The number of carbonyl (C=O) groups excluding carboxylic acids is 1. The van der Waals surface area contributed by atoms with Crippen LogP contribution in [0, 0.1) is 12.8 Å². The number of benzene rings is 3. The van der Waals surface area contributed by atoms with Gasteiger partial charge in [-0.15, -0.1) is 0 Å². The second-order valence-corrected chi connectivity index (χ2v) is 9.42. The Morgan fingerprint density at radius 2 is 1.65 bits per heavy atom. The van der Waals surface area contributed by atoms with Crippen LogP contribution in [0.3, 0.4) is 0 Å². The number of halogens is 2. The number of aliphatic carboxylic acids is 1. The minimum atomic E-state index is -2.83. The number of hydrogen-bond acceptors (Lipinski definition) is 3. The van der Waals surface area contributed by atoms with Crippen molar-refractivity contribution in [2.45, 2.75) is 52.6 Å². The van der Waals surface area contributed by atoms with Crippen molar-refractivity contribution in [3.05, 3.63) is 89.0 Å². The first kappa shape index (κ1) is 27.8. The number of aryl methyl sites for hydroxylation is 1. The fourth-order valence-corrected chi connectivity index (χ4v) is 4.08. The van der Waals surface area contributed by atoms with Crippen LogP contribution < -0.4 is 10.1 Å². The van der Waals surface area contributed by atoms with Gasteiger partial charge in [-0.2, -0.15) is 0 Å². The molecule has 196 valence electrons. The lowest BCUT2D eigenvalue weighted by molar-refractivity contribution is -0.136. The zero-order valence-electron chi connectivity index (χ0n) is 21.6. The Morgan fingerprint density at radius 3 is 2.19 bits per heavy atom. The molecule has 3 rings (SSSR count). The third kappa shape index (κ3) is 7.15. The van der Waals surface area contributed by atoms with Crippen LogP contribution >= 0.6 is 0 Å². The molecule has 0 aromatic heterocycles. The fourth-order valence-electron chi connectivity index (χ4n) is 4.08. The van der Waals surface area contributed by atoms with Gasteiger partial charge in [0.2, 0.25) is 0 Å². The highest BCUT2D eigenvalue weighted by atomic mass is 19.3. The number of ether oxygens (including phenoxy) is 1. The van der Waals surface area contributed by atoms with Crippen molar-refractivity contribution in [1.82, 2.24) is 5.32 Å². The van der Waals surface area contributed by atoms with Crippen LogP contribution in [0.1, 0.15) is 66.8 Å². The van der Waals surface area contributed by atoms with E-state index in [4.69, 9.17) is 9.84 Å². The minimum Gasteiger partial charge on any atom is -0.485 e. The van der Waals surface area contributed by atoms with Gasteiger partial charge < -0.3 is 15.2 Å². The highest BCUT2D eigenvalue weighted by molar-refractivity contribution is 5.94. The summed E-state index contributed by atoms with van der Waals surface area (Å²) < 4.78 is 34.3. The van der Waals surface area contributed by atoms with Gasteiger partial charge in [0, 0.05) is 24.1 Å². The SMILES string of the molecule is CCC(F)(F)c1ccc(-c2ccc(OC(c3ccc(C(=O)NCCC(=O)O)cc3)C(C)C)cc2C)cc1. The van der Waals surface area contributed by atoms with E-state index >= 15 is 0 Å². The molecule has 0 saturated carbocycles. The van der Waals surface area contributed by atoms with Crippen molar-refractivity contribution in [3.8, 4) is 16.9 Å². The van der Waals surface area contributed by atoms with Crippen LogP contribution in [-0.4, -0.2) is 23.5 Å². The molecule has 2 N–H and O–H groups in total. The molecule has 0 bridgehead atoms. The van der Waals surface area contributed by atoms with Gasteiger partial charge in [-0.1, -0.05) is 63.2 Å². The van der Waals surface area contributed by atoms with Gasteiger partial charge in [0.1, 0.15) is 11.9 Å². The number of carboxylic acids is 1. The smallest absolute Gasteiger partial charge is 0.305 e. The summed E-state index contributed by atoms with van der Waals surface area (Å²) in [6.07, 6.45) is -0.632. The van der Waals surface area contributed by atoms with Gasteiger partial charge in [0.15, 0.2) is 0 Å². The topological polar surface area (TPSA) is 75.6 Å². The van der Waals surface area contributed by atoms with Crippen LogP contribution in [0.4, 0.5) is 8.78 Å². The second kappa shape index (κ2) is 12.0. The van der Waals surface area contributed by atoms with Crippen molar-refractivity contribution in [1.29, 1.82) is 0 Å². The first-order chi connectivity index (χ1) is 17.5. The van der Waals surface area contributed by atoms with Crippen LogP contribution in [0.25, 0.3) is 11.1 Å². The van der Waals surface area contributed by atoms with E-state index in [0.29, 0.717) is 11.3 Å². The predicted molar refractivity (Wildman–Crippen MR) is 140 cm³/mol. The summed E-state index contributed by atoms with van der Waals surface area (Å²) in [5.41, 5.74) is 4.13. The summed E-state index contributed by atoms with van der Waals surface area (Å²) >= 11 is 0. The monoisotopic (exact) mass is 509 g/mol. The lowest BCUT2D eigenvalue weighted by Crippen LogP contribution is -2.26. The summed E-state index contributed by atoms with van der Waals surface area (Å²) in [6.45, 7) is 7.59. The van der Waals surface area contributed by atoms with Crippen LogP contribution in [-0.2, 0) is 10.7 Å². The maximum absolute atomic E-state index is 14.0. The summed E-state index contributed by atoms with van der Waals surface area (Å²) in [4.78, 5) is 22.9. The summed E-state index contributed by atoms with van der Waals surface area (Å²) in [7, 11) is 0. The molecule has 0 saturated heterocycles. The van der Waals surface area contributed by atoms with Gasteiger partial charge in [-0.05, 0) is 59.4 Å². The lowest BCUT2D eigenvalue weighted by atomic mass is 9.96. The molecule has 0 radical (unpaired) electrons. The van der Waals surface area contributed by atoms with Crippen molar-refractivity contribution in [3.63, 3.8) is 0 Å². The minimum absolute atomic E-state index is 0.0138. The Labute approximate surface area is 216 Å². The van der Waals surface area contributed by atoms with Gasteiger partial charge in [0.05, 0.1) is 6.42 Å². The molecule has 0 aliphatic heterocycles. The normalized spacial score (nSPS) is 12.3. The van der Waals surface area contributed by atoms with Gasteiger partial charge >= 0.3 is 5.97 Å². The number of carbonyl (C=O) groups is 2. The molecular formula is C30H33F2NO4. The zero-order valence-corrected chi connectivity index (χ0v) is 21.6. The van der Waals surface area contributed by atoms with Crippen molar-refractivity contribution in [2.24, 2.45) is 5.92 Å². The average molecular weight is 510 g/mol. The Bertz CT molecular complexity index is 1220. The van der Waals surface area contributed by atoms with E-state index in [1.807, 2.05) is 51.1 Å². The standard InChI is InChI=1S/C30H33F2NO4/c1-5-30(31,32)24-12-10-21(11-13-24)26-15-14-25(18-20(26)4)37-28(19(2)3)22-6-8-23(9-7-22)29(36)33-17-16-27(34)35/h6-15,18-19,28H,5,16-17H2,1-4H3,(H,33,36)(H,34,35). The molecule has 3 aromatic carbocycles. The Balaban J connectivity index is 1.73. The average Bonchev–Trinajstić information content (AvgIpc) is 2.87. The lowest BCUT2D eigenvalue weighted by Gasteiger charge is -2.24. The third-order valence-corrected chi connectivity index (χ3v) is 6.25. The largest absolute Gasteiger partial charge is 0.485 e. The van der Waals surface area contributed by atoms with E-state index in [1.54, 1.807) is 24.3 Å². The quantitative estimate of drug-likeness (QED) is 0.288. The molecule has 3 aromatic rings. The number of amides is 1. The molecule has 1 unspecified atom stereocenters. The van der Waals surface area contributed by atoms with Crippen LogP contribution in [0.5, 0.6) is 5.75 Å². The van der Waals surface area contributed by atoms with Crippen molar-refractivity contribution in [2.75, 3.05) is 6.54 Å². The molecule has 5 nitrogen and oxygen atoms in total. The molecule has 37 heavy (non-hydrogen) atoms. The molecule has 0 fully saturated rings. The van der Waals surface area contributed by atoms with E-state index in [9.17, 15) is 18.4 Å². The third-order valence-electron chi connectivity index (χ3n) is 6.25. The molecular weight excluding hydrogens is 476 g/mol. The van der Waals surface area contributed by atoms with E-state index in [2.05, 4.69) is 5.32 Å². The highest BCUT2D eigenvalue weighted by Gasteiger charge is 2.28. The number of nitrogens with one attached hydrogen (secondary N) is 1. The van der Waals surface area contributed by atoms with Crippen molar-refractivity contribution < 1.29 is 28.2 Å². The van der Waals surface area contributed by atoms with E-state index in [1.165, 1.54) is 19.1 Å². The highest BCUT2D eigenvalue weighted by Crippen LogP contribution is 2.35. The first-order valence-corrected chi connectivity index (χ1v) is 12.4. The number of hydrogen-bond donors (Lipinski definition) is 2. The second-order valence-electron chi connectivity index (χ2n) is 9.42. The first-order valence-electron chi connectivity index (χ1n) is 12.4. The Kier molecular flexibility index (Phi) is 9.03. The summed E-state index contributed by atoms with van der Waals surface area (Å²) in [5, 5.41) is 11.3. The van der Waals surface area contributed by atoms with Gasteiger partial charge in [-0.3, -0.25) is 9.59 Å². The molecule has 0 aliphatic rings. The Morgan fingerprint density at radius 1 is 1.00 bits per heavy atom. The molecule has 1 amide bonds. The zero-order chi connectivity index (χ0) is 27.2. The molecule has 1 atom stereocenters.